The van der Waals surface area contributed by atoms with Gasteiger partial charge in [-0.2, -0.15) is 24.9 Å². The van der Waals surface area contributed by atoms with Crippen molar-refractivity contribution in [1.82, 2.24) is 4.98 Å². The van der Waals surface area contributed by atoms with E-state index >= 15 is 0 Å². The Morgan fingerprint density at radius 1 is 1.50 bits per heavy atom. The lowest BCUT2D eigenvalue weighted by molar-refractivity contribution is -0.137. The third-order valence-electron chi connectivity index (χ3n) is 2.29. The maximum absolute atomic E-state index is 12.3. The van der Waals surface area contributed by atoms with Crippen LogP contribution in [0.15, 0.2) is 6.20 Å². The van der Waals surface area contributed by atoms with Crippen molar-refractivity contribution in [3.63, 3.8) is 0 Å². The first-order valence-corrected chi connectivity index (χ1v) is 6.60. The van der Waals surface area contributed by atoms with Gasteiger partial charge in [-0.25, -0.2) is 4.98 Å². The van der Waals surface area contributed by atoms with E-state index < -0.39 is 11.2 Å². The summed E-state index contributed by atoms with van der Waals surface area (Å²) < 4.78 is 36.8. The van der Waals surface area contributed by atoms with Crippen molar-refractivity contribution in [1.29, 1.82) is 0 Å². The monoisotopic (exact) mass is 267 g/mol. The van der Waals surface area contributed by atoms with E-state index in [-0.39, 0.29) is 16.6 Å². The number of hydrogen-bond donors (Lipinski definition) is 0. The lowest BCUT2D eigenvalue weighted by atomic mass is 10.0. The molecule has 0 saturated carbocycles. The van der Waals surface area contributed by atoms with Crippen molar-refractivity contribution >= 4 is 28.9 Å². The van der Waals surface area contributed by atoms with Crippen LogP contribution in [0, 0.1) is 5.92 Å². The molecule has 0 radical (unpaired) electrons. The molecule has 7 heteroatoms. The molecule has 2 nitrogen and oxygen atoms in total. The van der Waals surface area contributed by atoms with Gasteiger partial charge in [-0.15, -0.1) is 11.3 Å². The van der Waals surface area contributed by atoms with Gasteiger partial charge >= 0.3 is 6.18 Å². The zero-order valence-electron chi connectivity index (χ0n) is 8.08. The number of halogens is 3. The van der Waals surface area contributed by atoms with Crippen LogP contribution in [0.5, 0.6) is 0 Å². The minimum Gasteiger partial charge on any atom is -0.293 e. The average molecular weight is 267 g/mol. The number of Topliss-reactive ketones (excluding diaryl/α,β-unsaturated/α-hetero) is 1. The summed E-state index contributed by atoms with van der Waals surface area (Å²) in [5.74, 6) is 1.28. The number of carbonyl (C=O) groups excluding carboxylic acids is 1. The number of aromatic nitrogens is 1. The van der Waals surface area contributed by atoms with E-state index in [2.05, 4.69) is 4.98 Å². The fourth-order valence-corrected chi connectivity index (χ4v) is 3.48. The summed E-state index contributed by atoms with van der Waals surface area (Å²) >= 11 is 2.10. The van der Waals surface area contributed by atoms with Gasteiger partial charge in [-0.05, 0) is 12.2 Å². The number of hydrogen-bond acceptors (Lipinski definition) is 4. The van der Waals surface area contributed by atoms with Gasteiger partial charge in [-0.1, -0.05) is 0 Å². The fourth-order valence-electron chi connectivity index (χ4n) is 1.46. The largest absolute Gasteiger partial charge is 0.443 e. The van der Waals surface area contributed by atoms with Gasteiger partial charge in [0.25, 0.3) is 0 Å². The molecule has 0 bridgehead atoms. The van der Waals surface area contributed by atoms with E-state index in [0.717, 1.165) is 18.4 Å². The molecule has 88 valence electrons. The minimum atomic E-state index is -4.45. The Morgan fingerprint density at radius 3 is 2.75 bits per heavy atom. The number of thiazole rings is 1. The predicted molar refractivity (Wildman–Crippen MR) is 56.9 cm³/mol. The summed E-state index contributed by atoms with van der Waals surface area (Å²) in [6.45, 7) is 0. The van der Waals surface area contributed by atoms with Crippen LogP contribution in [0.2, 0.25) is 0 Å². The maximum Gasteiger partial charge on any atom is 0.443 e. The van der Waals surface area contributed by atoms with Gasteiger partial charge in [0.15, 0.2) is 10.8 Å². The normalized spacial score (nSPS) is 21.3. The molecular weight excluding hydrogens is 259 g/mol. The molecule has 1 aliphatic rings. The van der Waals surface area contributed by atoms with Crippen LogP contribution in [0.4, 0.5) is 13.2 Å². The number of alkyl halides is 3. The lowest BCUT2D eigenvalue weighted by Gasteiger charge is -2.03. The standard InChI is InChI=1S/C9H8F3NOS2/c10-9(11,12)8-13-3-6(16-8)7(14)5-1-2-15-4-5/h3,5H,1-2,4H2. The zero-order valence-corrected chi connectivity index (χ0v) is 9.71. The second kappa shape index (κ2) is 4.37. The molecular formula is C9H8F3NOS2. The smallest absolute Gasteiger partial charge is 0.293 e. The molecule has 1 atom stereocenters. The third kappa shape index (κ3) is 2.40. The number of rotatable bonds is 2. The first-order chi connectivity index (χ1) is 7.48. The summed E-state index contributed by atoms with van der Waals surface area (Å²) in [6, 6.07) is 0. The molecule has 1 fully saturated rings. The van der Waals surface area contributed by atoms with Gasteiger partial charge in [0, 0.05) is 17.9 Å². The fraction of sp³-hybridized carbons (Fsp3) is 0.556. The Kier molecular flexibility index (Phi) is 3.25. The third-order valence-corrected chi connectivity index (χ3v) is 4.51. The topological polar surface area (TPSA) is 30.0 Å². The number of ketones is 1. The van der Waals surface area contributed by atoms with Gasteiger partial charge in [-0.3, -0.25) is 4.79 Å². The Bertz CT molecular complexity index is 396. The van der Waals surface area contributed by atoms with Gasteiger partial charge < -0.3 is 0 Å². The van der Waals surface area contributed by atoms with Crippen LogP contribution >= 0.6 is 23.1 Å². The Labute approximate surface area is 98.3 Å². The second-order valence-electron chi connectivity index (χ2n) is 3.45. The summed E-state index contributed by atoms with van der Waals surface area (Å²) in [4.78, 5) is 15.1. The van der Waals surface area contributed by atoms with Crippen molar-refractivity contribution in [2.45, 2.75) is 12.6 Å². The van der Waals surface area contributed by atoms with Crippen LogP contribution in [0.25, 0.3) is 0 Å². The van der Waals surface area contributed by atoms with E-state index in [0.29, 0.717) is 17.1 Å². The minimum absolute atomic E-state index is 0.125. The quantitative estimate of drug-likeness (QED) is 0.771. The predicted octanol–water partition coefficient (Wildman–Crippen LogP) is 3.10. The molecule has 2 heterocycles. The van der Waals surface area contributed by atoms with E-state index in [9.17, 15) is 18.0 Å². The highest BCUT2D eigenvalue weighted by Gasteiger charge is 2.36. The van der Waals surface area contributed by atoms with E-state index in [4.69, 9.17) is 0 Å². The molecule has 0 N–H and O–H groups in total. The van der Waals surface area contributed by atoms with Crippen molar-refractivity contribution in [2.24, 2.45) is 5.92 Å². The highest BCUT2D eigenvalue weighted by molar-refractivity contribution is 7.99. The Morgan fingerprint density at radius 2 is 2.25 bits per heavy atom. The van der Waals surface area contributed by atoms with E-state index in [1.807, 2.05) is 0 Å². The highest BCUT2D eigenvalue weighted by Crippen LogP contribution is 2.34. The molecule has 1 aliphatic heterocycles. The molecule has 1 aromatic rings. The molecule has 1 unspecified atom stereocenters. The molecule has 1 saturated heterocycles. The average Bonchev–Trinajstić information content (AvgIpc) is 2.87. The van der Waals surface area contributed by atoms with Gasteiger partial charge in [0.1, 0.15) is 0 Å². The van der Waals surface area contributed by atoms with Crippen LogP contribution in [0.3, 0.4) is 0 Å². The number of carbonyl (C=O) groups is 1. The summed E-state index contributed by atoms with van der Waals surface area (Å²) in [6.07, 6.45) is -2.66. The van der Waals surface area contributed by atoms with Crippen LogP contribution in [0.1, 0.15) is 21.1 Å². The first kappa shape index (κ1) is 11.9. The lowest BCUT2D eigenvalue weighted by Crippen LogP contribution is -2.12. The second-order valence-corrected chi connectivity index (χ2v) is 5.63. The highest BCUT2D eigenvalue weighted by atomic mass is 32.2. The maximum atomic E-state index is 12.3. The van der Waals surface area contributed by atoms with Crippen molar-refractivity contribution < 1.29 is 18.0 Å². The summed E-state index contributed by atoms with van der Waals surface area (Å²) in [5.41, 5.74) is 0. The molecule has 0 aromatic carbocycles. The molecule has 0 spiro atoms. The van der Waals surface area contributed by atoms with Gasteiger partial charge in [0.05, 0.1) is 4.88 Å². The summed E-state index contributed by atoms with van der Waals surface area (Å²) in [5, 5.41) is -0.943. The zero-order chi connectivity index (χ0) is 11.8. The molecule has 0 aliphatic carbocycles. The summed E-state index contributed by atoms with van der Waals surface area (Å²) in [7, 11) is 0. The van der Waals surface area contributed by atoms with Crippen molar-refractivity contribution in [2.75, 3.05) is 11.5 Å². The first-order valence-electron chi connectivity index (χ1n) is 4.63. The van der Waals surface area contributed by atoms with Crippen LogP contribution in [-0.2, 0) is 6.18 Å². The molecule has 1 aromatic heterocycles. The van der Waals surface area contributed by atoms with E-state index in [1.165, 1.54) is 0 Å². The van der Waals surface area contributed by atoms with Crippen LogP contribution < -0.4 is 0 Å². The number of nitrogens with zero attached hydrogens (tertiary/aromatic N) is 1. The Hall–Kier alpha value is -0.560. The SMILES string of the molecule is O=C(c1cnc(C(F)(F)F)s1)C1CCSC1. The molecule has 2 rings (SSSR count). The molecule has 16 heavy (non-hydrogen) atoms. The van der Waals surface area contributed by atoms with Crippen molar-refractivity contribution in [3.05, 3.63) is 16.1 Å². The van der Waals surface area contributed by atoms with Crippen molar-refractivity contribution in [3.8, 4) is 0 Å². The van der Waals surface area contributed by atoms with E-state index in [1.54, 1.807) is 11.8 Å². The Balaban J connectivity index is 2.15. The molecule has 0 amide bonds. The van der Waals surface area contributed by atoms with Crippen LogP contribution in [-0.4, -0.2) is 22.3 Å². The number of thioether (sulfide) groups is 1. The van der Waals surface area contributed by atoms with Gasteiger partial charge in [0.2, 0.25) is 0 Å².